The summed E-state index contributed by atoms with van der Waals surface area (Å²) < 4.78 is 5.63. The van der Waals surface area contributed by atoms with E-state index in [0.29, 0.717) is 6.42 Å². The number of aliphatic hydroxyl groups is 1. The van der Waals surface area contributed by atoms with E-state index in [1.54, 1.807) is 6.08 Å². The molecule has 1 saturated heterocycles. The van der Waals surface area contributed by atoms with Crippen LogP contribution >= 0.6 is 0 Å². The lowest BCUT2D eigenvalue weighted by Crippen LogP contribution is -2.41. The van der Waals surface area contributed by atoms with Crippen molar-refractivity contribution in [3.8, 4) is 11.1 Å². The van der Waals surface area contributed by atoms with Gasteiger partial charge in [-0.2, -0.15) is 0 Å². The molecule has 150 valence electrons. The topological polar surface area (TPSA) is 87.1 Å². The Balaban J connectivity index is 1.53. The largest absolute Gasteiger partial charge is 0.465 e. The van der Waals surface area contributed by atoms with Gasteiger partial charge in [0, 0.05) is 12.3 Å². The molecule has 0 radical (unpaired) electrons. The summed E-state index contributed by atoms with van der Waals surface area (Å²) in [6, 6.07) is 15.4. The lowest BCUT2D eigenvalue weighted by molar-refractivity contribution is -0.152. The molecule has 6 heteroatoms. The zero-order chi connectivity index (χ0) is 20.5. The quantitative estimate of drug-likeness (QED) is 0.601. The normalized spacial score (nSPS) is 21.3. The molecule has 1 heterocycles. The summed E-state index contributed by atoms with van der Waals surface area (Å²) in [6.07, 6.45) is -0.523. The van der Waals surface area contributed by atoms with E-state index in [1.165, 1.54) is 22.3 Å². The maximum atomic E-state index is 12.7. The van der Waals surface area contributed by atoms with Crippen LogP contribution in [0.5, 0.6) is 0 Å². The maximum absolute atomic E-state index is 12.7. The predicted octanol–water partition coefficient (Wildman–Crippen LogP) is 3.40. The first-order valence-corrected chi connectivity index (χ1v) is 9.68. The Labute approximate surface area is 169 Å². The molecule has 2 aromatic carbocycles. The van der Waals surface area contributed by atoms with Crippen molar-refractivity contribution < 1.29 is 24.5 Å². The van der Waals surface area contributed by atoms with Gasteiger partial charge >= 0.3 is 12.1 Å². The molecule has 2 aliphatic rings. The zero-order valence-electron chi connectivity index (χ0n) is 15.9. The number of rotatable bonds is 5. The van der Waals surface area contributed by atoms with E-state index in [2.05, 4.69) is 30.8 Å². The van der Waals surface area contributed by atoms with Gasteiger partial charge < -0.3 is 14.9 Å². The maximum Gasteiger partial charge on any atom is 0.408 e. The smallest absolute Gasteiger partial charge is 0.408 e. The van der Waals surface area contributed by atoms with Gasteiger partial charge in [0.15, 0.2) is 0 Å². The first-order chi connectivity index (χ1) is 14.0. The van der Waals surface area contributed by atoms with Crippen molar-refractivity contribution in [2.45, 2.75) is 37.0 Å². The van der Waals surface area contributed by atoms with Crippen molar-refractivity contribution in [1.82, 2.24) is 4.90 Å². The second kappa shape index (κ2) is 7.72. The highest BCUT2D eigenvalue weighted by Crippen LogP contribution is 2.46. The average Bonchev–Trinajstić information content (AvgIpc) is 3.27. The van der Waals surface area contributed by atoms with Crippen LogP contribution < -0.4 is 0 Å². The fourth-order valence-electron chi connectivity index (χ4n) is 4.41. The molecule has 29 heavy (non-hydrogen) atoms. The minimum atomic E-state index is -1.24. The lowest BCUT2D eigenvalue weighted by atomic mass is 9.91. The van der Waals surface area contributed by atoms with Gasteiger partial charge in [-0.1, -0.05) is 61.2 Å². The third kappa shape index (κ3) is 3.51. The predicted molar refractivity (Wildman–Crippen MR) is 108 cm³/mol. The number of carbonyl (C=O) groups excluding carboxylic acids is 1. The number of esters is 1. The number of likely N-dealkylation sites (tertiary alicyclic amines) is 1. The minimum absolute atomic E-state index is 0.0457. The average molecular weight is 393 g/mol. The Morgan fingerprint density at radius 1 is 1.14 bits per heavy atom. The van der Waals surface area contributed by atoms with E-state index in [9.17, 15) is 19.8 Å². The van der Waals surface area contributed by atoms with E-state index in [4.69, 9.17) is 4.74 Å². The van der Waals surface area contributed by atoms with Crippen molar-refractivity contribution in [3.63, 3.8) is 0 Å². The number of benzene rings is 2. The molecule has 4 rings (SSSR count). The van der Waals surface area contributed by atoms with Gasteiger partial charge in [0.05, 0.1) is 12.6 Å². The van der Waals surface area contributed by atoms with Crippen molar-refractivity contribution >= 4 is 12.1 Å². The molecule has 0 saturated carbocycles. The number of ether oxygens (including phenoxy) is 1. The van der Waals surface area contributed by atoms with Crippen LogP contribution in [-0.2, 0) is 9.53 Å². The highest BCUT2D eigenvalue weighted by molar-refractivity contribution is 5.82. The molecule has 2 unspecified atom stereocenters. The first-order valence-electron chi connectivity index (χ1n) is 9.68. The molecule has 0 aromatic heterocycles. The number of hydrogen-bond acceptors (Lipinski definition) is 4. The number of carbonyl (C=O) groups is 2. The highest BCUT2D eigenvalue weighted by Gasteiger charge is 2.41. The molecular weight excluding hydrogens is 370 g/mol. The summed E-state index contributed by atoms with van der Waals surface area (Å²) in [5.74, 6) is -0.587. The van der Waals surface area contributed by atoms with E-state index in [0.717, 1.165) is 4.90 Å². The Hall–Kier alpha value is -3.12. The van der Waals surface area contributed by atoms with Gasteiger partial charge in [-0.05, 0) is 28.7 Å². The van der Waals surface area contributed by atoms with Crippen LogP contribution in [0.25, 0.3) is 11.1 Å². The fourth-order valence-corrected chi connectivity index (χ4v) is 4.41. The van der Waals surface area contributed by atoms with Crippen molar-refractivity contribution in [1.29, 1.82) is 0 Å². The van der Waals surface area contributed by atoms with Gasteiger partial charge in [0.25, 0.3) is 0 Å². The van der Waals surface area contributed by atoms with Crippen LogP contribution in [0.3, 0.4) is 0 Å². The summed E-state index contributed by atoms with van der Waals surface area (Å²) in [6.45, 7) is 3.72. The van der Waals surface area contributed by atoms with E-state index < -0.39 is 30.3 Å². The van der Waals surface area contributed by atoms with Gasteiger partial charge in [0.2, 0.25) is 0 Å². The summed E-state index contributed by atoms with van der Waals surface area (Å²) in [7, 11) is 0. The van der Waals surface area contributed by atoms with Crippen molar-refractivity contribution in [2.75, 3.05) is 6.54 Å². The molecular formula is C23H23NO5. The molecule has 1 amide bonds. The number of nitrogens with zero attached hydrogens (tertiary/aromatic N) is 1. The van der Waals surface area contributed by atoms with Crippen LogP contribution in [0.15, 0.2) is 61.2 Å². The number of aliphatic hydroxyl groups excluding tert-OH is 1. The number of β-amino-alcohol motifs (C(OH)–C–C–N with tert-alkyl or cyclic N) is 1. The Bertz CT molecular complexity index is 910. The third-order valence-corrected chi connectivity index (χ3v) is 5.76. The summed E-state index contributed by atoms with van der Waals surface area (Å²) in [4.78, 5) is 24.9. The molecule has 1 aliphatic heterocycles. The Kier molecular flexibility index (Phi) is 5.11. The lowest BCUT2D eigenvalue weighted by Gasteiger charge is -2.24. The van der Waals surface area contributed by atoms with Crippen LogP contribution in [0.4, 0.5) is 4.79 Å². The molecule has 1 aliphatic carbocycles. The van der Waals surface area contributed by atoms with E-state index in [1.807, 2.05) is 24.3 Å². The van der Waals surface area contributed by atoms with Crippen molar-refractivity contribution in [3.05, 3.63) is 72.3 Å². The first kappa shape index (κ1) is 19.2. The zero-order valence-corrected chi connectivity index (χ0v) is 15.9. The number of carboxylic acid groups (broad SMARTS) is 1. The van der Waals surface area contributed by atoms with Crippen molar-refractivity contribution in [2.24, 2.45) is 0 Å². The summed E-state index contributed by atoms with van der Waals surface area (Å²) in [5, 5.41) is 19.1. The van der Waals surface area contributed by atoms with Crippen LogP contribution in [0.1, 0.15) is 29.9 Å². The summed E-state index contributed by atoms with van der Waals surface area (Å²) in [5.41, 5.74) is 4.72. The van der Waals surface area contributed by atoms with Crippen LogP contribution in [0.2, 0.25) is 0 Å². The van der Waals surface area contributed by atoms with Gasteiger partial charge in [-0.25, -0.2) is 9.59 Å². The monoisotopic (exact) mass is 393 g/mol. The minimum Gasteiger partial charge on any atom is -0.465 e. The Morgan fingerprint density at radius 3 is 2.28 bits per heavy atom. The third-order valence-electron chi connectivity index (χ3n) is 5.76. The SMILES string of the molecule is C=C[C@@H](CC1c2ccccc2-c2ccccc21)OC(=O)C1CC(O)CN1C(=O)O. The van der Waals surface area contributed by atoms with E-state index in [-0.39, 0.29) is 18.9 Å². The van der Waals surface area contributed by atoms with Gasteiger partial charge in [0.1, 0.15) is 12.1 Å². The van der Waals surface area contributed by atoms with Gasteiger partial charge in [-0.15, -0.1) is 0 Å². The number of amides is 1. The van der Waals surface area contributed by atoms with Crippen LogP contribution in [-0.4, -0.2) is 52.0 Å². The molecule has 2 aromatic rings. The molecule has 1 fully saturated rings. The number of fused-ring (bicyclic) bond motifs is 3. The molecule has 2 N–H and O–H groups in total. The summed E-state index contributed by atoms with van der Waals surface area (Å²) >= 11 is 0. The van der Waals surface area contributed by atoms with Gasteiger partial charge in [-0.3, -0.25) is 4.90 Å². The van der Waals surface area contributed by atoms with E-state index >= 15 is 0 Å². The molecule has 0 spiro atoms. The molecule has 3 atom stereocenters. The standard InChI is InChI=1S/C23H23NO5/c1-2-15(29-22(26)21-11-14(25)13-24(21)23(27)28)12-20-18-9-5-3-7-16(18)17-8-4-6-10-19(17)20/h2-10,14-15,20-21,25H,1,11-13H2,(H,27,28)/t14?,15-,21?/m0/s1. The Morgan fingerprint density at radius 2 is 1.72 bits per heavy atom. The van der Waals surface area contributed by atoms with Crippen LogP contribution in [0, 0.1) is 0 Å². The number of hydrogen-bond donors (Lipinski definition) is 2. The second-order valence-electron chi connectivity index (χ2n) is 7.51. The highest BCUT2D eigenvalue weighted by atomic mass is 16.5. The fraction of sp³-hybridized carbons (Fsp3) is 0.304. The molecule has 6 nitrogen and oxygen atoms in total. The second-order valence-corrected chi connectivity index (χ2v) is 7.51. The molecule has 0 bridgehead atoms.